The van der Waals surface area contributed by atoms with Crippen LogP contribution in [-0.4, -0.2) is 19.5 Å². The molecule has 6 nitrogen and oxygen atoms in total. The van der Waals surface area contributed by atoms with Crippen LogP contribution in [0.4, 0.5) is 5.00 Å². The van der Waals surface area contributed by atoms with Gasteiger partial charge in [-0.1, -0.05) is 11.6 Å². The number of carboxylic acids is 1. The Morgan fingerprint density at radius 1 is 1.33 bits per heavy atom. The van der Waals surface area contributed by atoms with Gasteiger partial charge in [0.25, 0.3) is 10.0 Å². The number of thiophene rings is 1. The van der Waals surface area contributed by atoms with Crippen LogP contribution in [0.25, 0.3) is 0 Å². The van der Waals surface area contributed by atoms with E-state index in [2.05, 4.69) is 4.72 Å². The Labute approximate surface area is 129 Å². The molecular weight excluding hydrogens is 336 g/mol. The summed E-state index contributed by atoms with van der Waals surface area (Å²) in [6.45, 7) is 0. The number of sulfonamides is 1. The third kappa shape index (κ3) is 3.33. The van der Waals surface area contributed by atoms with Crippen molar-refractivity contribution in [2.75, 3.05) is 4.72 Å². The van der Waals surface area contributed by atoms with E-state index in [9.17, 15) is 13.2 Å². The van der Waals surface area contributed by atoms with Crippen LogP contribution in [0.15, 0.2) is 35.2 Å². The molecule has 1 aromatic carbocycles. The molecule has 0 amide bonds. The van der Waals surface area contributed by atoms with Crippen LogP contribution in [0.5, 0.6) is 0 Å². The van der Waals surface area contributed by atoms with E-state index in [1.807, 2.05) is 6.07 Å². The smallest absolute Gasteiger partial charge is 0.345 e. The normalized spacial score (nSPS) is 10.9. The molecule has 0 saturated carbocycles. The number of carboxylic acid groups (broad SMARTS) is 1. The number of nitrogens with one attached hydrogen (secondary N) is 1. The Kier molecular flexibility index (Phi) is 4.18. The Bertz CT molecular complexity index is 852. The maximum Gasteiger partial charge on any atom is 0.345 e. The maximum absolute atomic E-state index is 12.1. The fourth-order valence-corrected chi connectivity index (χ4v) is 3.80. The lowest BCUT2D eigenvalue weighted by Gasteiger charge is -2.06. The molecule has 0 radical (unpaired) electrons. The highest BCUT2D eigenvalue weighted by Crippen LogP contribution is 2.26. The molecular formula is C12H7ClN2O4S2. The fourth-order valence-electron chi connectivity index (χ4n) is 1.45. The highest BCUT2D eigenvalue weighted by Gasteiger charge is 2.17. The number of aromatic carboxylic acids is 1. The van der Waals surface area contributed by atoms with E-state index in [0.29, 0.717) is 0 Å². The largest absolute Gasteiger partial charge is 0.477 e. The molecule has 0 spiro atoms. The molecule has 1 heterocycles. The number of halogens is 1. The van der Waals surface area contributed by atoms with Gasteiger partial charge < -0.3 is 5.11 Å². The zero-order valence-electron chi connectivity index (χ0n) is 10.2. The van der Waals surface area contributed by atoms with Gasteiger partial charge in [0.15, 0.2) is 0 Å². The van der Waals surface area contributed by atoms with Crippen LogP contribution in [0.2, 0.25) is 5.02 Å². The zero-order valence-corrected chi connectivity index (χ0v) is 12.6. The summed E-state index contributed by atoms with van der Waals surface area (Å²) in [6, 6.07) is 8.20. The molecule has 1 aromatic heterocycles. The number of hydrogen-bond donors (Lipinski definition) is 2. The second kappa shape index (κ2) is 5.73. The van der Waals surface area contributed by atoms with Crippen LogP contribution >= 0.6 is 22.9 Å². The monoisotopic (exact) mass is 342 g/mol. The van der Waals surface area contributed by atoms with Gasteiger partial charge in [0, 0.05) is 0 Å². The van der Waals surface area contributed by atoms with Crippen molar-refractivity contribution in [3.63, 3.8) is 0 Å². The summed E-state index contributed by atoms with van der Waals surface area (Å²) in [5.41, 5.74) is 0.167. The van der Waals surface area contributed by atoms with Gasteiger partial charge in [0.05, 0.1) is 15.5 Å². The van der Waals surface area contributed by atoms with Gasteiger partial charge in [-0.3, -0.25) is 4.72 Å². The Morgan fingerprint density at radius 3 is 2.57 bits per heavy atom. The molecule has 2 rings (SSSR count). The topological polar surface area (TPSA) is 107 Å². The van der Waals surface area contributed by atoms with E-state index in [4.69, 9.17) is 22.0 Å². The Hall–Kier alpha value is -2.08. The summed E-state index contributed by atoms with van der Waals surface area (Å²) in [4.78, 5) is 10.7. The van der Waals surface area contributed by atoms with Crippen LogP contribution in [0.1, 0.15) is 15.2 Å². The average molecular weight is 343 g/mol. The van der Waals surface area contributed by atoms with Gasteiger partial charge in [-0.25, -0.2) is 13.2 Å². The minimum absolute atomic E-state index is 0.0190. The zero-order chi connectivity index (χ0) is 15.6. The summed E-state index contributed by atoms with van der Waals surface area (Å²) in [5, 5.41) is 17.7. The van der Waals surface area contributed by atoms with Crippen LogP contribution in [0, 0.1) is 11.3 Å². The van der Waals surface area contributed by atoms with Crippen molar-refractivity contribution in [1.29, 1.82) is 5.26 Å². The van der Waals surface area contributed by atoms with Crippen molar-refractivity contribution in [1.82, 2.24) is 0 Å². The first kappa shape index (κ1) is 15.3. The van der Waals surface area contributed by atoms with Gasteiger partial charge in [-0.2, -0.15) is 5.26 Å². The second-order valence-electron chi connectivity index (χ2n) is 3.83. The maximum atomic E-state index is 12.1. The molecule has 0 unspecified atom stereocenters. The van der Waals surface area contributed by atoms with Crippen molar-refractivity contribution in [3.05, 3.63) is 45.8 Å². The van der Waals surface area contributed by atoms with Gasteiger partial charge in [0.1, 0.15) is 15.9 Å². The minimum atomic E-state index is -3.90. The first-order valence-corrected chi connectivity index (χ1v) is 8.07. The summed E-state index contributed by atoms with van der Waals surface area (Å²) in [5.74, 6) is -1.13. The lowest BCUT2D eigenvalue weighted by molar-refractivity contribution is 0.0702. The van der Waals surface area contributed by atoms with Crippen molar-refractivity contribution in [3.8, 4) is 6.07 Å². The number of anilines is 1. The summed E-state index contributed by atoms with van der Waals surface area (Å²) in [6.07, 6.45) is 0. The molecule has 21 heavy (non-hydrogen) atoms. The quantitative estimate of drug-likeness (QED) is 0.888. The summed E-state index contributed by atoms with van der Waals surface area (Å²) in [7, 11) is -3.90. The second-order valence-corrected chi connectivity index (χ2v) is 7.00. The minimum Gasteiger partial charge on any atom is -0.477 e. The number of hydrogen-bond acceptors (Lipinski definition) is 5. The lowest BCUT2D eigenvalue weighted by Crippen LogP contribution is -2.12. The molecule has 0 fully saturated rings. The van der Waals surface area contributed by atoms with E-state index in [0.717, 1.165) is 17.4 Å². The van der Waals surface area contributed by atoms with Crippen LogP contribution in [0.3, 0.4) is 0 Å². The standard InChI is InChI=1S/C12H7ClN2O4S2/c13-9-5-8(2-1-7(9)6-14)21(18,19)15-11-4-3-10(20-11)12(16)17/h1-5,15H,(H,16,17). The SMILES string of the molecule is N#Cc1ccc(S(=O)(=O)Nc2ccc(C(=O)O)s2)cc1Cl. The van der Waals surface area contributed by atoms with E-state index in [1.54, 1.807) is 0 Å². The first-order chi connectivity index (χ1) is 9.83. The van der Waals surface area contributed by atoms with Crippen LogP contribution in [-0.2, 0) is 10.0 Å². The van der Waals surface area contributed by atoms with Crippen molar-refractivity contribution >= 4 is 43.9 Å². The molecule has 0 aliphatic heterocycles. The van der Waals surface area contributed by atoms with E-state index < -0.39 is 16.0 Å². The van der Waals surface area contributed by atoms with Crippen molar-refractivity contribution in [2.24, 2.45) is 0 Å². The molecule has 108 valence electrons. The fraction of sp³-hybridized carbons (Fsp3) is 0. The predicted molar refractivity (Wildman–Crippen MR) is 78.3 cm³/mol. The average Bonchev–Trinajstić information content (AvgIpc) is 2.86. The summed E-state index contributed by atoms with van der Waals surface area (Å²) >= 11 is 6.59. The van der Waals surface area contributed by atoms with E-state index in [-0.39, 0.29) is 25.4 Å². The predicted octanol–water partition coefficient (Wildman–Crippen LogP) is 2.77. The van der Waals surface area contributed by atoms with Crippen LogP contribution < -0.4 is 4.72 Å². The Balaban J connectivity index is 2.31. The third-order valence-corrected chi connectivity index (χ3v) is 5.22. The third-order valence-electron chi connectivity index (χ3n) is 2.42. The van der Waals surface area contributed by atoms with Gasteiger partial charge in [-0.15, -0.1) is 11.3 Å². The van der Waals surface area contributed by atoms with Gasteiger partial charge in [-0.05, 0) is 30.3 Å². The molecule has 0 bridgehead atoms. The molecule has 0 saturated heterocycles. The highest BCUT2D eigenvalue weighted by atomic mass is 35.5. The number of rotatable bonds is 4. The molecule has 9 heteroatoms. The molecule has 0 aliphatic carbocycles. The number of nitrogens with zero attached hydrogens (tertiary/aromatic N) is 1. The molecule has 2 aromatic rings. The first-order valence-electron chi connectivity index (χ1n) is 5.39. The van der Waals surface area contributed by atoms with Crippen molar-refractivity contribution < 1.29 is 18.3 Å². The van der Waals surface area contributed by atoms with Gasteiger partial charge >= 0.3 is 5.97 Å². The molecule has 0 atom stereocenters. The van der Waals surface area contributed by atoms with E-state index in [1.165, 1.54) is 24.3 Å². The molecule has 2 N–H and O–H groups in total. The molecule has 0 aliphatic rings. The lowest BCUT2D eigenvalue weighted by atomic mass is 10.2. The highest BCUT2D eigenvalue weighted by molar-refractivity contribution is 7.93. The van der Waals surface area contributed by atoms with Gasteiger partial charge in [0.2, 0.25) is 0 Å². The number of carbonyl (C=O) groups is 1. The van der Waals surface area contributed by atoms with Crippen molar-refractivity contribution in [2.45, 2.75) is 4.90 Å². The number of nitriles is 1. The Morgan fingerprint density at radius 2 is 2.05 bits per heavy atom. The summed E-state index contributed by atoms with van der Waals surface area (Å²) < 4.78 is 26.5. The van der Waals surface area contributed by atoms with E-state index >= 15 is 0 Å². The number of benzene rings is 1.